The fourth-order valence-electron chi connectivity index (χ4n) is 2.83. The van der Waals surface area contributed by atoms with Crippen LogP contribution in [-0.4, -0.2) is 64.6 Å². The second-order valence-corrected chi connectivity index (χ2v) is 5.31. The van der Waals surface area contributed by atoms with Crippen LogP contribution in [0.2, 0.25) is 0 Å². The first-order valence-electron chi connectivity index (χ1n) is 6.77. The average molecular weight is 330 g/mol. The minimum atomic E-state index is -1.53. The summed E-state index contributed by atoms with van der Waals surface area (Å²) in [4.78, 5) is 56.9. The van der Waals surface area contributed by atoms with Gasteiger partial charge in [-0.25, -0.2) is 0 Å². The summed E-state index contributed by atoms with van der Waals surface area (Å²) in [5, 5.41) is 31.7. The summed E-state index contributed by atoms with van der Waals surface area (Å²) in [6.45, 7) is 0.766. The van der Waals surface area contributed by atoms with Crippen LogP contribution in [0.25, 0.3) is 0 Å². The predicted molar refractivity (Wildman–Crippen MR) is 73.4 cm³/mol. The molecule has 0 aromatic heterocycles. The zero-order chi connectivity index (χ0) is 17.9. The highest BCUT2D eigenvalue weighted by Crippen LogP contribution is 2.47. The summed E-state index contributed by atoms with van der Waals surface area (Å²) >= 11 is 0. The largest absolute Gasteiger partial charge is 0.481 e. The molecule has 1 amide bonds. The van der Waals surface area contributed by atoms with Crippen molar-refractivity contribution in [2.45, 2.75) is 13.0 Å². The lowest BCUT2D eigenvalue weighted by Crippen LogP contribution is -2.62. The summed E-state index contributed by atoms with van der Waals surface area (Å²) in [7, 11) is 1.37. The van der Waals surface area contributed by atoms with Crippen LogP contribution in [0.5, 0.6) is 0 Å². The number of carbonyl (C=O) groups excluding carboxylic acids is 2. The van der Waals surface area contributed by atoms with Crippen LogP contribution in [0, 0.1) is 23.7 Å². The number of hydrogen-bond donors (Lipinski definition) is 5. The molecule has 1 aliphatic carbocycles. The number of amides is 1. The maximum absolute atomic E-state index is 12.1. The van der Waals surface area contributed by atoms with Crippen molar-refractivity contribution in [3.05, 3.63) is 0 Å². The molecule has 0 aliphatic heterocycles. The number of nitrogens with one attached hydrogen (secondary N) is 2. The molecule has 5 atom stereocenters. The Morgan fingerprint density at radius 2 is 1.39 bits per heavy atom. The van der Waals surface area contributed by atoms with E-state index in [2.05, 4.69) is 10.6 Å². The van der Waals surface area contributed by atoms with Gasteiger partial charge in [-0.1, -0.05) is 0 Å². The highest BCUT2D eigenvalue weighted by atomic mass is 16.4. The Labute approximate surface area is 130 Å². The molecule has 1 fully saturated rings. The zero-order valence-corrected chi connectivity index (χ0v) is 12.5. The van der Waals surface area contributed by atoms with Crippen LogP contribution >= 0.6 is 0 Å². The van der Waals surface area contributed by atoms with Gasteiger partial charge >= 0.3 is 17.9 Å². The molecule has 0 bridgehead atoms. The number of carboxylic acid groups (broad SMARTS) is 3. The van der Waals surface area contributed by atoms with E-state index in [-0.39, 0.29) is 6.54 Å². The molecular weight excluding hydrogens is 312 g/mol. The van der Waals surface area contributed by atoms with Gasteiger partial charge in [-0.05, 0) is 14.0 Å². The second kappa shape index (κ2) is 7.18. The molecule has 0 heterocycles. The number of hydrogen-bond acceptors (Lipinski definition) is 6. The van der Waals surface area contributed by atoms with Crippen molar-refractivity contribution < 1.29 is 39.3 Å². The Hall–Kier alpha value is -2.49. The molecule has 0 spiro atoms. The summed E-state index contributed by atoms with van der Waals surface area (Å²) < 4.78 is 0. The van der Waals surface area contributed by atoms with Gasteiger partial charge in [0, 0.05) is 12.5 Å². The van der Waals surface area contributed by atoms with Gasteiger partial charge in [0.1, 0.15) is 11.8 Å². The molecule has 1 saturated carbocycles. The minimum Gasteiger partial charge on any atom is -0.481 e. The van der Waals surface area contributed by atoms with Gasteiger partial charge in [0.25, 0.3) is 0 Å². The number of carboxylic acids is 3. The third-order valence-corrected chi connectivity index (χ3v) is 4.02. The first-order valence-corrected chi connectivity index (χ1v) is 6.77. The Bertz CT molecular complexity index is 524. The standard InChI is InChI=1S/C13H18N2O8/c1-4(16)6-7(9(13(22)23)8(6)12(20)21)10(17)15-3-5(14-2)11(18)19/h5-9,14H,3H2,1-2H3,(H,15,17)(H,18,19)(H,20,21)(H,22,23). The van der Waals surface area contributed by atoms with Crippen LogP contribution in [0.3, 0.4) is 0 Å². The molecule has 5 N–H and O–H groups in total. The van der Waals surface area contributed by atoms with Crippen molar-refractivity contribution in [3.63, 3.8) is 0 Å². The van der Waals surface area contributed by atoms with Gasteiger partial charge in [0.05, 0.1) is 17.8 Å². The molecule has 1 rings (SSSR count). The van der Waals surface area contributed by atoms with Crippen LogP contribution in [0.4, 0.5) is 0 Å². The molecule has 10 heteroatoms. The Kier molecular flexibility index (Phi) is 5.79. The fraction of sp³-hybridized carbons (Fsp3) is 0.615. The number of aliphatic carboxylic acids is 3. The summed E-state index contributed by atoms with van der Waals surface area (Å²) in [6, 6.07) is -1.09. The number of rotatable bonds is 8. The molecule has 0 aromatic rings. The molecule has 128 valence electrons. The summed E-state index contributed by atoms with van der Waals surface area (Å²) in [5.74, 6) is -11.2. The minimum absolute atomic E-state index is 0.324. The lowest BCUT2D eigenvalue weighted by atomic mass is 9.55. The number of Topliss-reactive ketones (excluding diaryl/α,β-unsaturated/α-hetero) is 1. The second-order valence-electron chi connectivity index (χ2n) is 5.31. The fourth-order valence-corrected chi connectivity index (χ4v) is 2.83. The van der Waals surface area contributed by atoms with Crippen LogP contribution in [0.15, 0.2) is 0 Å². The topological polar surface area (TPSA) is 170 Å². The van der Waals surface area contributed by atoms with E-state index in [1.807, 2.05) is 0 Å². The molecular formula is C13H18N2O8. The Morgan fingerprint density at radius 3 is 1.74 bits per heavy atom. The summed E-state index contributed by atoms with van der Waals surface area (Å²) in [5.41, 5.74) is 0. The monoisotopic (exact) mass is 330 g/mol. The van der Waals surface area contributed by atoms with Gasteiger partial charge in [-0.15, -0.1) is 0 Å². The lowest BCUT2D eigenvalue weighted by Gasteiger charge is -2.45. The Morgan fingerprint density at radius 1 is 0.913 bits per heavy atom. The van der Waals surface area contributed by atoms with Crippen molar-refractivity contribution in [1.29, 1.82) is 0 Å². The molecule has 1 aliphatic rings. The average Bonchev–Trinajstić information content (AvgIpc) is 2.35. The molecule has 0 aromatic carbocycles. The van der Waals surface area contributed by atoms with Gasteiger partial charge in [0.15, 0.2) is 0 Å². The maximum atomic E-state index is 12.1. The normalized spacial score (nSPS) is 27.4. The zero-order valence-electron chi connectivity index (χ0n) is 12.5. The van der Waals surface area contributed by atoms with Gasteiger partial charge in [-0.2, -0.15) is 0 Å². The van der Waals surface area contributed by atoms with Crippen molar-refractivity contribution >= 4 is 29.6 Å². The Balaban J connectivity index is 2.91. The molecule has 0 radical (unpaired) electrons. The van der Waals surface area contributed by atoms with Gasteiger partial charge < -0.3 is 26.0 Å². The molecule has 5 unspecified atom stereocenters. The third-order valence-electron chi connectivity index (χ3n) is 4.02. The van der Waals surface area contributed by atoms with Gasteiger partial charge in [-0.3, -0.25) is 24.0 Å². The summed E-state index contributed by atoms with van der Waals surface area (Å²) in [6.07, 6.45) is 0. The van der Waals surface area contributed by atoms with E-state index in [9.17, 15) is 24.0 Å². The first kappa shape index (κ1) is 18.6. The van der Waals surface area contributed by atoms with Gasteiger partial charge in [0.2, 0.25) is 5.91 Å². The van der Waals surface area contributed by atoms with Crippen molar-refractivity contribution in [2.24, 2.45) is 23.7 Å². The van der Waals surface area contributed by atoms with E-state index in [0.29, 0.717) is 0 Å². The number of likely N-dealkylation sites (N-methyl/N-ethyl adjacent to an activating group) is 1. The van der Waals surface area contributed by atoms with E-state index >= 15 is 0 Å². The number of carbonyl (C=O) groups is 5. The van der Waals surface area contributed by atoms with E-state index in [1.54, 1.807) is 0 Å². The molecule has 23 heavy (non-hydrogen) atoms. The van der Waals surface area contributed by atoms with E-state index in [4.69, 9.17) is 15.3 Å². The maximum Gasteiger partial charge on any atom is 0.322 e. The van der Waals surface area contributed by atoms with Crippen molar-refractivity contribution in [2.75, 3.05) is 13.6 Å². The van der Waals surface area contributed by atoms with Crippen LogP contribution in [0.1, 0.15) is 6.92 Å². The predicted octanol–water partition coefficient (Wildman–Crippen LogP) is -1.99. The smallest absolute Gasteiger partial charge is 0.322 e. The quantitative estimate of drug-likeness (QED) is 0.338. The molecule has 10 nitrogen and oxygen atoms in total. The van der Waals surface area contributed by atoms with E-state index in [0.717, 1.165) is 6.92 Å². The van der Waals surface area contributed by atoms with E-state index in [1.165, 1.54) is 7.05 Å². The number of ketones is 1. The van der Waals surface area contributed by atoms with Crippen molar-refractivity contribution in [3.8, 4) is 0 Å². The third kappa shape index (κ3) is 3.65. The first-order chi connectivity index (χ1) is 10.6. The van der Waals surface area contributed by atoms with Crippen LogP contribution < -0.4 is 10.6 Å². The highest BCUT2D eigenvalue weighted by Gasteiger charge is 2.62. The SMILES string of the molecule is CNC(CNC(=O)C1C(C(C)=O)C(C(=O)O)C1C(=O)O)C(=O)O. The van der Waals surface area contributed by atoms with Crippen molar-refractivity contribution in [1.82, 2.24) is 10.6 Å². The molecule has 0 saturated heterocycles. The van der Waals surface area contributed by atoms with E-state index < -0.39 is 59.3 Å². The highest BCUT2D eigenvalue weighted by molar-refractivity contribution is 5.99. The van der Waals surface area contributed by atoms with Crippen LogP contribution in [-0.2, 0) is 24.0 Å². The lowest BCUT2D eigenvalue weighted by molar-refractivity contribution is -0.180.